The molecule has 0 saturated heterocycles. The molecule has 3 N–H and O–H groups in total. The molecular formula is C29H48O4. The standard InChI is InChI=1S/C29H48O4/c1-20-23(18-24(30)19-27(20)31)12-11-22-10-9-16-29(5)25(13-14-26(22)29)21(2)33-17-8-6-7-15-28(3,4)32/h11-12,21,24-27,30-32H,1,6-10,13-19H2,2-5H3/b22-11+,23-12-/t21-,24+,25+,26-,27-,29+/m0/s1. The highest BCUT2D eigenvalue weighted by molar-refractivity contribution is 5.38. The zero-order valence-corrected chi connectivity index (χ0v) is 21.5. The molecule has 0 amide bonds. The van der Waals surface area contributed by atoms with Crippen molar-refractivity contribution in [2.45, 2.75) is 122 Å². The van der Waals surface area contributed by atoms with Gasteiger partial charge in [-0.25, -0.2) is 0 Å². The van der Waals surface area contributed by atoms with Crippen LogP contribution in [0.1, 0.15) is 98.3 Å². The van der Waals surface area contributed by atoms with Crippen molar-refractivity contribution >= 4 is 0 Å². The van der Waals surface area contributed by atoms with Crippen molar-refractivity contribution in [1.82, 2.24) is 0 Å². The van der Waals surface area contributed by atoms with E-state index in [-0.39, 0.29) is 11.5 Å². The number of hydrogen-bond acceptors (Lipinski definition) is 4. The van der Waals surface area contributed by atoms with Gasteiger partial charge in [0.05, 0.1) is 23.9 Å². The average molecular weight is 461 g/mol. The molecule has 0 aromatic rings. The Bertz CT molecular complexity index is 730. The third-order valence-corrected chi connectivity index (χ3v) is 8.68. The van der Waals surface area contributed by atoms with E-state index >= 15 is 0 Å². The third kappa shape index (κ3) is 6.81. The molecule has 4 heteroatoms. The van der Waals surface area contributed by atoms with Crippen LogP contribution in [0, 0.1) is 17.3 Å². The summed E-state index contributed by atoms with van der Waals surface area (Å²) in [5.74, 6) is 1.18. The van der Waals surface area contributed by atoms with Gasteiger partial charge >= 0.3 is 0 Å². The summed E-state index contributed by atoms with van der Waals surface area (Å²) in [5, 5.41) is 30.1. The van der Waals surface area contributed by atoms with Crippen LogP contribution in [0.3, 0.4) is 0 Å². The van der Waals surface area contributed by atoms with Crippen LogP contribution in [0.5, 0.6) is 0 Å². The molecule has 33 heavy (non-hydrogen) atoms. The van der Waals surface area contributed by atoms with Gasteiger partial charge in [0.15, 0.2) is 0 Å². The van der Waals surface area contributed by atoms with E-state index in [2.05, 4.69) is 32.6 Å². The molecule has 4 nitrogen and oxygen atoms in total. The summed E-state index contributed by atoms with van der Waals surface area (Å²) < 4.78 is 6.34. The third-order valence-electron chi connectivity index (χ3n) is 8.68. The van der Waals surface area contributed by atoms with Crippen molar-refractivity contribution in [3.05, 3.63) is 35.5 Å². The van der Waals surface area contributed by atoms with Crippen LogP contribution >= 0.6 is 0 Å². The lowest BCUT2D eigenvalue weighted by atomic mass is 9.62. The van der Waals surface area contributed by atoms with Crippen LogP contribution in [0.15, 0.2) is 35.5 Å². The minimum absolute atomic E-state index is 0.274. The van der Waals surface area contributed by atoms with Crippen LogP contribution < -0.4 is 0 Å². The molecule has 0 aromatic carbocycles. The molecule has 3 aliphatic carbocycles. The highest BCUT2D eigenvalue weighted by atomic mass is 16.5. The predicted molar refractivity (Wildman–Crippen MR) is 135 cm³/mol. The minimum Gasteiger partial charge on any atom is -0.393 e. The summed E-state index contributed by atoms with van der Waals surface area (Å²) in [6.07, 6.45) is 14.7. The molecule has 6 atom stereocenters. The van der Waals surface area contributed by atoms with Gasteiger partial charge in [0.2, 0.25) is 0 Å². The molecule has 0 bridgehead atoms. The van der Waals surface area contributed by atoms with Crippen LogP contribution in [-0.4, -0.2) is 45.8 Å². The van der Waals surface area contributed by atoms with Gasteiger partial charge in [-0.3, -0.25) is 0 Å². The summed E-state index contributed by atoms with van der Waals surface area (Å²) in [6.45, 7) is 13.4. The lowest BCUT2D eigenvalue weighted by Gasteiger charge is -2.44. The monoisotopic (exact) mass is 460 g/mol. The topological polar surface area (TPSA) is 69.9 Å². The lowest BCUT2D eigenvalue weighted by Crippen LogP contribution is -2.38. The molecule has 0 unspecified atom stereocenters. The first kappa shape index (κ1) is 26.7. The van der Waals surface area contributed by atoms with Gasteiger partial charge in [0, 0.05) is 13.0 Å². The number of ether oxygens (including phenoxy) is 1. The number of aliphatic hydroxyl groups excluding tert-OH is 2. The van der Waals surface area contributed by atoms with Gasteiger partial charge in [0.25, 0.3) is 0 Å². The second-order valence-electron chi connectivity index (χ2n) is 11.9. The number of aliphatic hydroxyl groups is 3. The predicted octanol–water partition coefficient (Wildman–Crippen LogP) is 5.86. The molecule has 3 aliphatic rings. The van der Waals surface area contributed by atoms with E-state index in [1.54, 1.807) is 0 Å². The lowest BCUT2D eigenvalue weighted by molar-refractivity contribution is -0.0264. The Labute approximate surface area is 201 Å². The summed E-state index contributed by atoms with van der Waals surface area (Å²) in [4.78, 5) is 0. The van der Waals surface area contributed by atoms with Crippen molar-refractivity contribution in [2.24, 2.45) is 17.3 Å². The Kier molecular flexibility index (Phi) is 9.05. The molecule has 0 spiro atoms. The fraction of sp³-hybridized carbons (Fsp3) is 0.793. The van der Waals surface area contributed by atoms with E-state index in [4.69, 9.17) is 4.74 Å². The Hall–Kier alpha value is -0.940. The fourth-order valence-electron chi connectivity index (χ4n) is 6.74. The maximum atomic E-state index is 10.2. The van der Waals surface area contributed by atoms with E-state index in [0.29, 0.717) is 24.7 Å². The van der Waals surface area contributed by atoms with Gasteiger partial charge in [-0.2, -0.15) is 0 Å². The SMILES string of the molecule is C=C1/C(=C\C=C2/CCC[C@]3(C)[C@@H]([C@H](C)OCCCCCC(C)(C)O)CC[C@@H]23)C[C@@H](O)C[C@@H]1O. The zero-order chi connectivity index (χ0) is 24.2. The number of hydrogen-bond donors (Lipinski definition) is 3. The molecule has 3 saturated carbocycles. The Morgan fingerprint density at radius 1 is 1.18 bits per heavy atom. The number of rotatable bonds is 9. The maximum Gasteiger partial charge on any atom is 0.0811 e. The van der Waals surface area contributed by atoms with Crippen molar-refractivity contribution < 1.29 is 20.1 Å². The Morgan fingerprint density at radius 3 is 2.67 bits per heavy atom. The molecule has 0 heterocycles. The normalized spacial score (nSPS) is 36.4. The van der Waals surface area contributed by atoms with Crippen molar-refractivity contribution in [2.75, 3.05) is 6.61 Å². The summed E-state index contributed by atoms with van der Waals surface area (Å²) in [5.41, 5.74) is 3.01. The summed E-state index contributed by atoms with van der Waals surface area (Å²) in [7, 11) is 0. The number of allylic oxidation sites excluding steroid dienone is 3. The summed E-state index contributed by atoms with van der Waals surface area (Å²) in [6, 6.07) is 0. The summed E-state index contributed by atoms with van der Waals surface area (Å²) >= 11 is 0. The van der Waals surface area contributed by atoms with Crippen LogP contribution in [0.25, 0.3) is 0 Å². The van der Waals surface area contributed by atoms with Gasteiger partial charge in [-0.05, 0) is 101 Å². The van der Waals surface area contributed by atoms with Gasteiger partial charge in [-0.1, -0.05) is 44.1 Å². The molecule has 3 fully saturated rings. The molecule has 0 aliphatic heterocycles. The van der Waals surface area contributed by atoms with E-state index in [9.17, 15) is 15.3 Å². The zero-order valence-electron chi connectivity index (χ0n) is 21.5. The Balaban J connectivity index is 1.57. The largest absolute Gasteiger partial charge is 0.393 e. The fourth-order valence-corrected chi connectivity index (χ4v) is 6.74. The van der Waals surface area contributed by atoms with Crippen molar-refractivity contribution in [1.29, 1.82) is 0 Å². The second-order valence-corrected chi connectivity index (χ2v) is 11.9. The highest BCUT2D eigenvalue weighted by Gasteiger charge is 2.51. The second kappa shape index (κ2) is 11.2. The van der Waals surface area contributed by atoms with E-state index < -0.39 is 17.8 Å². The first-order valence-electron chi connectivity index (χ1n) is 13.3. The van der Waals surface area contributed by atoms with Crippen LogP contribution in [0.2, 0.25) is 0 Å². The van der Waals surface area contributed by atoms with Crippen molar-refractivity contribution in [3.8, 4) is 0 Å². The number of unbranched alkanes of at least 4 members (excludes halogenated alkanes) is 2. The number of fused-ring (bicyclic) bond motifs is 1. The van der Waals surface area contributed by atoms with Gasteiger partial charge in [0.1, 0.15) is 0 Å². The maximum absolute atomic E-state index is 10.2. The molecule has 188 valence electrons. The van der Waals surface area contributed by atoms with Gasteiger partial charge in [-0.15, -0.1) is 0 Å². The molecule has 0 radical (unpaired) electrons. The van der Waals surface area contributed by atoms with Crippen molar-refractivity contribution in [3.63, 3.8) is 0 Å². The molecule has 3 rings (SSSR count). The minimum atomic E-state index is -0.626. The molecule has 0 aromatic heterocycles. The van der Waals surface area contributed by atoms with Crippen LogP contribution in [-0.2, 0) is 4.74 Å². The first-order chi connectivity index (χ1) is 15.5. The van der Waals surface area contributed by atoms with E-state index in [1.165, 1.54) is 31.3 Å². The average Bonchev–Trinajstić information content (AvgIpc) is 3.08. The smallest absolute Gasteiger partial charge is 0.0811 e. The highest BCUT2D eigenvalue weighted by Crippen LogP contribution is 2.58. The Morgan fingerprint density at radius 2 is 1.94 bits per heavy atom. The van der Waals surface area contributed by atoms with E-state index in [1.807, 2.05) is 13.8 Å². The quantitative estimate of drug-likeness (QED) is 0.377. The molecular weight excluding hydrogens is 412 g/mol. The van der Waals surface area contributed by atoms with Crippen LogP contribution in [0.4, 0.5) is 0 Å². The first-order valence-corrected chi connectivity index (χ1v) is 13.3. The van der Waals surface area contributed by atoms with E-state index in [0.717, 1.165) is 49.9 Å². The van der Waals surface area contributed by atoms with Gasteiger partial charge < -0.3 is 20.1 Å².